The van der Waals surface area contributed by atoms with E-state index >= 15 is 0 Å². The van der Waals surface area contributed by atoms with Crippen LogP contribution in [0.4, 0.5) is 0 Å². The molecule has 2 rings (SSSR count). The predicted octanol–water partition coefficient (Wildman–Crippen LogP) is 2.12. The molecule has 0 aromatic heterocycles. The molecule has 0 bridgehead atoms. The maximum atomic E-state index is 13.2. The van der Waals surface area contributed by atoms with Gasteiger partial charge in [-0.2, -0.15) is 4.31 Å². The number of methoxy groups -OCH3 is 2. The van der Waals surface area contributed by atoms with Gasteiger partial charge in [-0.3, -0.25) is 4.79 Å². The lowest BCUT2D eigenvalue weighted by molar-refractivity contribution is -0.130. The highest BCUT2D eigenvalue weighted by molar-refractivity contribution is 7.89. The van der Waals surface area contributed by atoms with Crippen molar-refractivity contribution < 1.29 is 22.7 Å². The Balaban J connectivity index is 2.33. The molecule has 1 fully saturated rings. The minimum atomic E-state index is -3.80. The summed E-state index contributed by atoms with van der Waals surface area (Å²) in [7, 11) is 0.891. The Kier molecular flexibility index (Phi) is 7.28. The summed E-state index contributed by atoms with van der Waals surface area (Å²) in [6.07, 6.45) is 3.79. The molecule has 0 unspecified atom stereocenters. The van der Waals surface area contributed by atoms with Gasteiger partial charge < -0.3 is 14.4 Å². The minimum Gasteiger partial charge on any atom is -0.497 e. The summed E-state index contributed by atoms with van der Waals surface area (Å²) in [6, 6.07) is 4.70. The molecular weight excluding hydrogens is 356 g/mol. The number of sulfonamides is 1. The Labute approximate surface area is 155 Å². The van der Waals surface area contributed by atoms with Crippen LogP contribution in [0.5, 0.6) is 11.5 Å². The van der Waals surface area contributed by atoms with E-state index < -0.39 is 10.0 Å². The van der Waals surface area contributed by atoms with Gasteiger partial charge in [-0.1, -0.05) is 12.8 Å². The third-order valence-corrected chi connectivity index (χ3v) is 6.56. The summed E-state index contributed by atoms with van der Waals surface area (Å²) >= 11 is 0. The Morgan fingerprint density at radius 3 is 2.31 bits per heavy atom. The average molecular weight is 384 g/mol. The van der Waals surface area contributed by atoms with Crippen molar-refractivity contribution in [2.75, 3.05) is 40.9 Å². The molecule has 0 spiro atoms. The molecule has 1 aromatic rings. The van der Waals surface area contributed by atoms with E-state index in [9.17, 15) is 13.2 Å². The fourth-order valence-corrected chi connectivity index (χ4v) is 4.65. The maximum absolute atomic E-state index is 13.2. The van der Waals surface area contributed by atoms with Gasteiger partial charge in [0.1, 0.15) is 16.4 Å². The van der Waals surface area contributed by atoms with E-state index in [0.717, 1.165) is 32.2 Å². The molecular formula is C18H28N2O5S. The van der Waals surface area contributed by atoms with Crippen LogP contribution in [-0.2, 0) is 14.8 Å². The second kappa shape index (κ2) is 9.23. The largest absolute Gasteiger partial charge is 0.497 e. The number of nitrogens with zero attached hydrogens (tertiary/aromatic N) is 2. The molecule has 0 atom stereocenters. The Hall–Kier alpha value is -1.80. The molecule has 1 aliphatic heterocycles. The van der Waals surface area contributed by atoms with E-state index in [2.05, 4.69) is 0 Å². The van der Waals surface area contributed by atoms with Gasteiger partial charge in [-0.25, -0.2) is 8.42 Å². The van der Waals surface area contributed by atoms with Crippen LogP contribution in [-0.4, -0.2) is 64.4 Å². The van der Waals surface area contributed by atoms with Crippen molar-refractivity contribution in [1.29, 1.82) is 0 Å². The fourth-order valence-electron chi connectivity index (χ4n) is 3.00. The van der Waals surface area contributed by atoms with Gasteiger partial charge in [0.05, 0.1) is 14.2 Å². The third kappa shape index (κ3) is 4.88. The van der Waals surface area contributed by atoms with Crippen molar-refractivity contribution in [2.24, 2.45) is 0 Å². The van der Waals surface area contributed by atoms with Crippen LogP contribution in [0.25, 0.3) is 0 Å². The summed E-state index contributed by atoms with van der Waals surface area (Å²) in [5, 5.41) is 0. The molecule has 0 saturated carbocycles. The van der Waals surface area contributed by atoms with Gasteiger partial charge in [-0.05, 0) is 25.0 Å². The van der Waals surface area contributed by atoms with Crippen LogP contribution >= 0.6 is 0 Å². The lowest BCUT2D eigenvalue weighted by Crippen LogP contribution is -2.36. The highest BCUT2D eigenvalue weighted by atomic mass is 32.2. The monoisotopic (exact) mass is 384 g/mol. The van der Waals surface area contributed by atoms with Gasteiger partial charge >= 0.3 is 0 Å². The van der Waals surface area contributed by atoms with Crippen LogP contribution in [0.3, 0.4) is 0 Å². The lowest BCUT2D eigenvalue weighted by atomic mass is 10.2. The van der Waals surface area contributed by atoms with E-state index in [0.29, 0.717) is 12.3 Å². The van der Waals surface area contributed by atoms with Crippen molar-refractivity contribution in [1.82, 2.24) is 9.21 Å². The molecule has 8 heteroatoms. The molecule has 1 amide bonds. The SMILES string of the molecule is COc1ccc(OC)c(S(=O)(=O)N2CCCCCCN(C)C(=O)CC2)c1. The zero-order chi connectivity index (χ0) is 19.2. The molecule has 0 radical (unpaired) electrons. The van der Waals surface area contributed by atoms with Crippen molar-refractivity contribution in [3.63, 3.8) is 0 Å². The second-order valence-corrected chi connectivity index (χ2v) is 8.31. The minimum absolute atomic E-state index is 0.0373. The normalized spacial score (nSPS) is 18.3. The third-order valence-electron chi connectivity index (χ3n) is 4.64. The van der Waals surface area contributed by atoms with Crippen LogP contribution in [0, 0.1) is 0 Å². The quantitative estimate of drug-likeness (QED) is 0.795. The van der Waals surface area contributed by atoms with Crippen molar-refractivity contribution >= 4 is 15.9 Å². The zero-order valence-corrected chi connectivity index (χ0v) is 16.5. The van der Waals surface area contributed by atoms with Crippen molar-refractivity contribution in [3.8, 4) is 11.5 Å². The highest BCUT2D eigenvalue weighted by Gasteiger charge is 2.29. The first-order chi connectivity index (χ1) is 12.4. The zero-order valence-electron chi connectivity index (χ0n) is 15.7. The molecule has 26 heavy (non-hydrogen) atoms. The number of ether oxygens (including phenoxy) is 2. The summed E-state index contributed by atoms with van der Waals surface area (Å²) in [6.45, 7) is 1.26. The number of hydrogen-bond acceptors (Lipinski definition) is 5. The molecule has 1 heterocycles. The van der Waals surface area contributed by atoms with Gasteiger partial charge in [0.25, 0.3) is 0 Å². The Bertz CT molecular complexity index is 720. The van der Waals surface area contributed by atoms with E-state index in [1.54, 1.807) is 24.1 Å². The molecule has 7 nitrogen and oxygen atoms in total. The number of carbonyl (C=O) groups excluding carboxylic acids is 1. The van der Waals surface area contributed by atoms with Crippen LogP contribution < -0.4 is 9.47 Å². The molecule has 1 saturated heterocycles. The molecule has 146 valence electrons. The summed E-state index contributed by atoms with van der Waals surface area (Å²) < 4.78 is 38.3. The summed E-state index contributed by atoms with van der Waals surface area (Å²) in [4.78, 5) is 14.0. The Morgan fingerprint density at radius 1 is 0.962 bits per heavy atom. The summed E-state index contributed by atoms with van der Waals surface area (Å²) in [5.74, 6) is 0.673. The lowest BCUT2D eigenvalue weighted by Gasteiger charge is -2.24. The smallest absolute Gasteiger partial charge is 0.246 e. The topological polar surface area (TPSA) is 76.2 Å². The van der Waals surface area contributed by atoms with Gasteiger partial charge in [0.2, 0.25) is 15.9 Å². The number of carbonyl (C=O) groups is 1. The number of amides is 1. The summed E-state index contributed by atoms with van der Waals surface area (Å²) in [5.41, 5.74) is 0. The standard InChI is InChI=1S/C18H28N2O5S/c1-19-11-6-4-5-7-12-20(13-10-18(19)21)26(22,23)17-14-15(24-2)8-9-16(17)25-3/h8-9,14H,4-7,10-13H2,1-3H3. The van der Waals surface area contributed by atoms with Crippen LogP contribution in [0.2, 0.25) is 0 Å². The first-order valence-corrected chi connectivity index (χ1v) is 10.3. The van der Waals surface area contributed by atoms with Crippen LogP contribution in [0.15, 0.2) is 23.1 Å². The second-order valence-electron chi connectivity index (χ2n) is 6.40. The highest BCUT2D eigenvalue weighted by Crippen LogP contribution is 2.31. The molecule has 1 aromatic carbocycles. The molecule has 0 aliphatic carbocycles. The van der Waals surface area contributed by atoms with E-state index in [1.807, 2.05) is 0 Å². The van der Waals surface area contributed by atoms with Gasteiger partial charge in [-0.15, -0.1) is 0 Å². The molecule has 1 aliphatic rings. The van der Waals surface area contributed by atoms with E-state index in [-0.39, 0.29) is 29.5 Å². The first-order valence-electron chi connectivity index (χ1n) is 8.86. The number of rotatable bonds is 4. The first kappa shape index (κ1) is 20.5. The van der Waals surface area contributed by atoms with Crippen molar-refractivity contribution in [3.05, 3.63) is 18.2 Å². The predicted molar refractivity (Wildman–Crippen MR) is 99.0 cm³/mol. The van der Waals surface area contributed by atoms with Gasteiger partial charge in [0.15, 0.2) is 0 Å². The average Bonchev–Trinajstić information content (AvgIpc) is 2.68. The number of hydrogen-bond donors (Lipinski definition) is 0. The Morgan fingerprint density at radius 2 is 1.65 bits per heavy atom. The maximum Gasteiger partial charge on any atom is 0.246 e. The molecule has 0 N–H and O–H groups in total. The fraction of sp³-hybridized carbons (Fsp3) is 0.611. The van der Waals surface area contributed by atoms with Gasteiger partial charge in [0, 0.05) is 39.2 Å². The van der Waals surface area contributed by atoms with Crippen LogP contribution in [0.1, 0.15) is 32.1 Å². The van der Waals surface area contributed by atoms with Crippen molar-refractivity contribution in [2.45, 2.75) is 37.0 Å². The van der Waals surface area contributed by atoms with E-state index in [1.165, 1.54) is 24.6 Å². The number of benzene rings is 1. The van der Waals surface area contributed by atoms with E-state index in [4.69, 9.17) is 9.47 Å².